The molecule has 0 aliphatic heterocycles. The molecule has 1 aromatic rings. The zero-order valence-electron chi connectivity index (χ0n) is 8.88. The van der Waals surface area contributed by atoms with E-state index in [1.54, 1.807) is 11.4 Å². The Morgan fingerprint density at radius 1 is 1.56 bits per heavy atom. The minimum atomic E-state index is -3.47. The lowest BCUT2D eigenvalue weighted by molar-refractivity contribution is 0.0895. The summed E-state index contributed by atoms with van der Waals surface area (Å²) < 4.78 is 26.0. The number of nitrogens with one attached hydrogen (secondary N) is 1. The predicted molar refractivity (Wildman–Crippen MR) is 62.0 cm³/mol. The van der Waals surface area contributed by atoms with Gasteiger partial charge >= 0.3 is 0 Å². The van der Waals surface area contributed by atoms with Crippen molar-refractivity contribution in [2.24, 2.45) is 0 Å². The van der Waals surface area contributed by atoms with E-state index in [-0.39, 0.29) is 23.8 Å². The van der Waals surface area contributed by atoms with Crippen molar-refractivity contribution in [3.63, 3.8) is 0 Å². The van der Waals surface area contributed by atoms with Crippen LogP contribution < -0.4 is 4.72 Å². The lowest BCUT2D eigenvalue weighted by Gasteiger charge is -2.07. The molecule has 16 heavy (non-hydrogen) atoms. The third-order valence-electron chi connectivity index (χ3n) is 1.95. The van der Waals surface area contributed by atoms with Crippen LogP contribution in [0.4, 0.5) is 0 Å². The number of rotatable bonds is 6. The van der Waals surface area contributed by atoms with Crippen LogP contribution in [0.5, 0.6) is 0 Å². The van der Waals surface area contributed by atoms with Gasteiger partial charge in [-0.05, 0) is 30.4 Å². The number of hydrogen-bond donors (Lipinski definition) is 3. The summed E-state index contributed by atoms with van der Waals surface area (Å²) in [5.74, 6) is 0. The van der Waals surface area contributed by atoms with Gasteiger partial charge in [0.2, 0.25) is 10.0 Å². The van der Waals surface area contributed by atoms with Crippen LogP contribution >= 0.6 is 11.3 Å². The van der Waals surface area contributed by atoms with Crippen molar-refractivity contribution in [1.29, 1.82) is 0 Å². The summed E-state index contributed by atoms with van der Waals surface area (Å²) in [5.41, 5.74) is 0.903. The van der Waals surface area contributed by atoms with Gasteiger partial charge in [-0.1, -0.05) is 0 Å². The van der Waals surface area contributed by atoms with E-state index in [1.807, 2.05) is 6.92 Å². The van der Waals surface area contributed by atoms with Gasteiger partial charge in [-0.2, -0.15) is 0 Å². The lowest BCUT2D eigenvalue weighted by atomic mass is 10.3. The predicted octanol–water partition coefficient (Wildman–Crippen LogP) is 0.0781. The summed E-state index contributed by atoms with van der Waals surface area (Å²) in [5, 5.41) is 19.4. The van der Waals surface area contributed by atoms with Gasteiger partial charge in [0.1, 0.15) is 4.21 Å². The van der Waals surface area contributed by atoms with Crippen LogP contribution in [0, 0.1) is 6.92 Å². The second kappa shape index (κ2) is 5.74. The van der Waals surface area contributed by atoms with Gasteiger partial charge < -0.3 is 10.2 Å². The maximum absolute atomic E-state index is 11.7. The van der Waals surface area contributed by atoms with E-state index in [4.69, 9.17) is 10.2 Å². The summed E-state index contributed by atoms with van der Waals surface area (Å²) in [6.45, 7) is 1.58. The second-order valence-electron chi connectivity index (χ2n) is 3.47. The quantitative estimate of drug-likeness (QED) is 0.680. The number of aliphatic hydroxyl groups excluding tert-OH is 2. The van der Waals surface area contributed by atoms with Crippen molar-refractivity contribution < 1.29 is 18.6 Å². The van der Waals surface area contributed by atoms with Crippen molar-refractivity contribution in [1.82, 2.24) is 4.72 Å². The molecule has 0 saturated heterocycles. The molecular weight excluding hydrogens is 250 g/mol. The summed E-state index contributed by atoms with van der Waals surface area (Å²) in [6.07, 6.45) is -0.687. The van der Waals surface area contributed by atoms with E-state index in [2.05, 4.69) is 4.72 Å². The topological polar surface area (TPSA) is 86.6 Å². The molecule has 7 heteroatoms. The molecule has 1 heterocycles. The molecule has 5 nitrogen and oxygen atoms in total. The smallest absolute Gasteiger partial charge is 0.250 e. The van der Waals surface area contributed by atoms with Crippen molar-refractivity contribution in [3.05, 3.63) is 17.0 Å². The third-order valence-corrected chi connectivity index (χ3v) is 4.97. The Bertz CT molecular complexity index is 426. The van der Waals surface area contributed by atoms with Crippen LogP contribution in [-0.4, -0.2) is 37.9 Å². The monoisotopic (exact) mass is 265 g/mol. The Morgan fingerprint density at radius 3 is 2.75 bits per heavy atom. The molecule has 0 saturated carbocycles. The van der Waals surface area contributed by atoms with Crippen LogP contribution in [0.2, 0.25) is 0 Å². The fraction of sp³-hybridized carbons (Fsp3) is 0.556. The fourth-order valence-electron chi connectivity index (χ4n) is 1.07. The van der Waals surface area contributed by atoms with Crippen LogP contribution in [0.1, 0.15) is 12.0 Å². The average molecular weight is 265 g/mol. The summed E-state index contributed by atoms with van der Waals surface area (Å²) in [4.78, 5) is 0. The molecule has 0 aliphatic carbocycles. The van der Waals surface area contributed by atoms with E-state index in [9.17, 15) is 8.42 Å². The molecule has 0 bridgehead atoms. The molecule has 92 valence electrons. The number of hydrogen-bond acceptors (Lipinski definition) is 5. The first kappa shape index (κ1) is 13.6. The second-order valence-corrected chi connectivity index (χ2v) is 6.37. The molecule has 1 atom stereocenters. The molecule has 0 aliphatic rings. The Morgan fingerprint density at radius 2 is 2.25 bits per heavy atom. The largest absolute Gasteiger partial charge is 0.394 e. The molecule has 0 fully saturated rings. The number of aliphatic hydroxyl groups is 2. The van der Waals surface area contributed by atoms with Gasteiger partial charge in [0.15, 0.2) is 0 Å². The van der Waals surface area contributed by atoms with Gasteiger partial charge in [0.25, 0.3) is 0 Å². The minimum Gasteiger partial charge on any atom is -0.394 e. The van der Waals surface area contributed by atoms with Gasteiger partial charge in [-0.25, -0.2) is 13.1 Å². The first-order valence-corrected chi connectivity index (χ1v) is 7.15. The van der Waals surface area contributed by atoms with Crippen molar-refractivity contribution in [2.75, 3.05) is 13.2 Å². The van der Waals surface area contributed by atoms with Crippen molar-refractivity contribution in [3.8, 4) is 0 Å². The number of thiophene rings is 1. The van der Waals surface area contributed by atoms with Gasteiger partial charge in [0.05, 0.1) is 12.7 Å². The van der Waals surface area contributed by atoms with E-state index < -0.39 is 16.1 Å². The van der Waals surface area contributed by atoms with Gasteiger partial charge in [-0.3, -0.25) is 0 Å². The zero-order chi connectivity index (χ0) is 12.2. The van der Waals surface area contributed by atoms with Crippen LogP contribution in [0.3, 0.4) is 0 Å². The SMILES string of the molecule is Cc1csc(S(=O)(=O)NCCC(O)CO)c1. The maximum atomic E-state index is 11.7. The highest BCUT2D eigenvalue weighted by Gasteiger charge is 2.15. The van der Waals surface area contributed by atoms with E-state index in [1.165, 1.54) is 0 Å². The Hall–Kier alpha value is -0.470. The summed E-state index contributed by atoms with van der Waals surface area (Å²) in [6, 6.07) is 1.59. The van der Waals surface area contributed by atoms with E-state index >= 15 is 0 Å². The number of aryl methyl sites for hydroxylation is 1. The molecule has 1 rings (SSSR count). The van der Waals surface area contributed by atoms with Gasteiger partial charge in [0, 0.05) is 6.54 Å². The van der Waals surface area contributed by atoms with Crippen molar-refractivity contribution >= 4 is 21.4 Å². The highest BCUT2D eigenvalue weighted by Crippen LogP contribution is 2.18. The van der Waals surface area contributed by atoms with E-state index in [0.29, 0.717) is 0 Å². The van der Waals surface area contributed by atoms with Crippen LogP contribution in [0.25, 0.3) is 0 Å². The third kappa shape index (κ3) is 3.84. The average Bonchev–Trinajstić information content (AvgIpc) is 2.65. The fourth-order valence-corrected chi connectivity index (χ4v) is 3.39. The molecule has 0 amide bonds. The highest BCUT2D eigenvalue weighted by atomic mass is 32.2. The minimum absolute atomic E-state index is 0.112. The van der Waals surface area contributed by atoms with Crippen molar-refractivity contribution in [2.45, 2.75) is 23.7 Å². The zero-order valence-corrected chi connectivity index (χ0v) is 10.5. The maximum Gasteiger partial charge on any atom is 0.250 e. The Labute approximate surface area is 98.8 Å². The summed E-state index contributed by atoms with van der Waals surface area (Å²) >= 11 is 1.16. The Kier molecular flexibility index (Phi) is 4.88. The Balaban J connectivity index is 2.53. The van der Waals surface area contributed by atoms with Gasteiger partial charge in [-0.15, -0.1) is 11.3 Å². The van der Waals surface area contributed by atoms with Crippen LogP contribution in [0.15, 0.2) is 15.7 Å². The summed E-state index contributed by atoms with van der Waals surface area (Å²) in [7, 11) is -3.47. The molecule has 1 aromatic heterocycles. The standard InChI is InChI=1S/C9H15NO4S2/c1-7-4-9(15-6-7)16(13,14)10-3-2-8(12)5-11/h4,6,8,10-12H,2-3,5H2,1H3. The first-order chi connectivity index (χ1) is 7.45. The number of sulfonamides is 1. The molecule has 3 N–H and O–H groups in total. The van der Waals surface area contributed by atoms with E-state index in [0.717, 1.165) is 16.9 Å². The molecule has 1 unspecified atom stereocenters. The molecule has 0 spiro atoms. The molecule has 0 aromatic carbocycles. The lowest BCUT2D eigenvalue weighted by Crippen LogP contribution is -2.27. The first-order valence-electron chi connectivity index (χ1n) is 4.79. The molecular formula is C9H15NO4S2. The normalized spacial score (nSPS) is 13.9. The van der Waals surface area contributed by atoms with Crippen LogP contribution in [-0.2, 0) is 10.0 Å². The highest BCUT2D eigenvalue weighted by molar-refractivity contribution is 7.91. The molecule has 0 radical (unpaired) electrons.